The largest absolute Gasteiger partial charge is 0.479 e. The van der Waals surface area contributed by atoms with E-state index in [1.54, 1.807) is 17.5 Å². The molecule has 0 fully saturated rings. The predicted molar refractivity (Wildman–Crippen MR) is 82.5 cm³/mol. The molecule has 1 atom stereocenters. The molecular formula is C15H15FN2O4S. The maximum absolute atomic E-state index is 13.2. The summed E-state index contributed by atoms with van der Waals surface area (Å²) in [6.07, 6.45) is -0.0541. The Morgan fingerprint density at radius 3 is 2.83 bits per heavy atom. The molecule has 3 N–H and O–H groups in total. The maximum Gasteiger partial charge on any atom is 0.337 e. The summed E-state index contributed by atoms with van der Waals surface area (Å²) >= 11 is 1.28. The average molecular weight is 338 g/mol. The van der Waals surface area contributed by atoms with Crippen molar-refractivity contribution in [2.24, 2.45) is 0 Å². The average Bonchev–Trinajstić information content (AvgIpc) is 2.93. The minimum absolute atomic E-state index is 0.0541. The molecule has 1 amide bonds. The van der Waals surface area contributed by atoms with Gasteiger partial charge in [0.15, 0.2) is 5.60 Å². The van der Waals surface area contributed by atoms with Gasteiger partial charge >= 0.3 is 5.97 Å². The number of aromatic nitrogens is 1. The SMILES string of the molecule is CC(O)(CNC(=O)Cc1csc(-c2cccc(F)c2)n1)C(=O)O. The molecule has 2 aromatic rings. The molecule has 8 heteroatoms. The summed E-state index contributed by atoms with van der Waals surface area (Å²) in [5.74, 6) is -2.24. The monoisotopic (exact) mass is 338 g/mol. The molecule has 0 bridgehead atoms. The Morgan fingerprint density at radius 1 is 1.43 bits per heavy atom. The summed E-state index contributed by atoms with van der Waals surface area (Å²) in [5.41, 5.74) is -0.915. The van der Waals surface area contributed by atoms with Gasteiger partial charge in [0.25, 0.3) is 0 Å². The van der Waals surface area contributed by atoms with Gasteiger partial charge in [-0.15, -0.1) is 11.3 Å². The molecule has 23 heavy (non-hydrogen) atoms. The summed E-state index contributed by atoms with van der Waals surface area (Å²) < 4.78 is 13.2. The lowest BCUT2D eigenvalue weighted by Crippen LogP contribution is -2.46. The number of thiazole rings is 1. The first-order chi connectivity index (χ1) is 10.8. The highest BCUT2D eigenvalue weighted by molar-refractivity contribution is 7.13. The third kappa shape index (κ3) is 4.57. The highest BCUT2D eigenvalue weighted by atomic mass is 32.1. The van der Waals surface area contributed by atoms with Crippen LogP contribution >= 0.6 is 11.3 Å². The summed E-state index contributed by atoms with van der Waals surface area (Å²) in [6, 6.07) is 5.98. The number of halogens is 1. The van der Waals surface area contributed by atoms with Gasteiger partial charge in [-0.1, -0.05) is 12.1 Å². The minimum Gasteiger partial charge on any atom is -0.479 e. The topological polar surface area (TPSA) is 99.5 Å². The molecule has 0 spiro atoms. The fourth-order valence-electron chi connectivity index (χ4n) is 1.72. The molecule has 1 heterocycles. The standard InChI is InChI=1S/C15H15FN2O4S/c1-15(22,14(20)21)8-17-12(19)6-11-7-23-13(18-11)9-3-2-4-10(16)5-9/h2-5,7,22H,6,8H2,1H3,(H,17,19)(H,20,21). The number of aliphatic hydroxyl groups is 1. The molecule has 0 saturated carbocycles. The number of aliphatic carboxylic acids is 1. The number of hydrogen-bond donors (Lipinski definition) is 3. The van der Waals surface area contributed by atoms with E-state index in [9.17, 15) is 19.1 Å². The zero-order valence-corrected chi connectivity index (χ0v) is 13.1. The van der Waals surface area contributed by atoms with E-state index in [0.717, 1.165) is 6.92 Å². The number of amides is 1. The van der Waals surface area contributed by atoms with Crippen LogP contribution in [0.4, 0.5) is 4.39 Å². The van der Waals surface area contributed by atoms with E-state index in [4.69, 9.17) is 5.11 Å². The molecule has 0 aliphatic heterocycles. The van der Waals surface area contributed by atoms with Crippen LogP contribution in [0.15, 0.2) is 29.6 Å². The van der Waals surface area contributed by atoms with E-state index >= 15 is 0 Å². The second-order valence-corrected chi connectivity index (χ2v) is 6.04. The van der Waals surface area contributed by atoms with Crippen LogP contribution < -0.4 is 5.32 Å². The van der Waals surface area contributed by atoms with E-state index in [0.29, 0.717) is 16.3 Å². The van der Waals surface area contributed by atoms with E-state index in [2.05, 4.69) is 10.3 Å². The number of carbonyl (C=O) groups is 2. The highest BCUT2D eigenvalue weighted by Gasteiger charge is 2.30. The molecule has 0 aliphatic rings. The van der Waals surface area contributed by atoms with Gasteiger partial charge in [0.05, 0.1) is 18.7 Å². The van der Waals surface area contributed by atoms with E-state index in [1.165, 1.54) is 23.5 Å². The first-order valence-corrected chi connectivity index (χ1v) is 7.59. The number of nitrogens with zero attached hydrogens (tertiary/aromatic N) is 1. The Morgan fingerprint density at radius 2 is 2.17 bits per heavy atom. The normalized spacial score (nSPS) is 13.3. The van der Waals surface area contributed by atoms with Crippen LogP contribution in [0, 0.1) is 5.82 Å². The summed E-state index contributed by atoms with van der Waals surface area (Å²) in [5, 5.41) is 22.9. The van der Waals surface area contributed by atoms with Crippen molar-refractivity contribution in [3.8, 4) is 10.6 Å². The number of carbonyl (C=O) groups excluding carboxylic acids is 1. The van der Waals surface area contributed by atoms with Crippen molar-refractivity contribution in [1.82, 2.24) is 10.3 Å². The lowest BCUT2D eigenvalue weighted by Gasteiger charge is -2.17. The van der Waals surface area contributed by atoms with Crippen LogP contribution in [0.3, 0.4) is 0 Å². The van der Waals surface area contributed by atoms with Crippen LogP contribution in [0.1, 0.15) is 12.6 Å². The smallest absolute Gasteiger partial charge is 0.337 e. The second-order valence-electron chi connectivity index (χ2n) is 5.19. The lowest BCUT2D eigenvalue weighted by molar-refractivity contribution is -0.156. The third-order valence-electron chi connectivity index (χ3n) is 3.06. The van der Waals surface area contributed by atoms with Crippen LogP contribution in [-0.2, 0) is 16.0 Å². The first-order valence-electron chi connectivity index (χ1n) is 6.71. The second kappa shape index (κ2) is 6.84. The predicted octanol–water partition coefficient (Wildman–Crippen LogP) is 1.44. The van der Waals surface area contributed by atoms with E-state index in [1.807, 2.05) is 0 Å². The zero-order valence-electron chi connectivity index (χ0n) is 12.2. The van der Waals surface area contributed by atoms with E-state index < -0.39 is 24.0 Å². The Labute approximate surface area is 135 Å². The number of carboxylic acids is 1. The Balaban J connectivity index is 1.97. The van der Waals surface area contributed by atoms with Crippen LogP contribution in [0.2, 0.25) is 0 Å². The van der Waals surface area contributed by atoms with Gasteiger partial charge in [0.2, 0.25) is 5.91 Å². The Hall–Kier alpha value is -2.32. The van der Waals surface area contributed by atoms with Crippen molar-refractivity contribution in [2.45, 2.75) is 18.9 Å². The summed E-state index contributed by atoms with van der Waals surface area (Å²) in [4.78, 5) is 26.8. The number of hydrogen-bond acceptors (Lipinski definition) is 5. The van der Waals surface area contributed by atoms with Crippen LogP contribution in [0.25, 0.3) is 10.6 Å². The van der Waals surface area contributed by atoms with Crippen molar-refractivity contribution in [1.29, 1.82) is 0 Å². The Bertz CT molecular complexity index is 730. The maximum atomic E-state index is 13.2. The molecule has 122 valence electrons. The van der Waals surface area contributed by atoms with Gasteiger partial charge in [-0.25, -0.2) is 14.2 Å². The van der Waals surface area contributed by atoms with Crippen molar-refractivity contribution >= 4 is 23.2 Å². The van der Waals surface area contributed by atoms with Crippen LogP contribution in [-0.4, -0.2) is 39.2 Å². The van der Waals surface area contributed by atoms with Gasteiger partial charge in [-0.3, -0.25) is 4.79 Å². The number of benzene rings is 1. The van der Waals surface area contributed by atoms with Gasteiger partial charge in [-0.05, 0) is 19.1 Å². The number of carboxylic acid groups (broad SMARTS) is 1. The van der Waals surface area contributed by atoms with Gasteiger partial charge in [-0.2, -0.15) is 0 Å². The number of nitrogens with one attached hydrogen (secondary N) is 1. The molecular weight excluding hydrogens is 323 g/mol. The van der Waals surface area contributed by atoms with Crippen molar-refractivity contribution < 1.29 is 24.2 Å². The molecule has 6 nitrogen and oxygen atoms in total. The van der Waals surface area contributed by atoms with Crippen molar-refractivity contribution in [2.75, 3.05) is 6.54 Å². The zero-order chi connectivity index (χ0) is 17.0. The molecule has 0 saturated heterocycles. The quantitative estimate of drug-likeness (QED) is 0.740. The molecule has 1 aromatic carbocycles. The Kier molecular flexibility index (Phi) is 5.07. The van der Waals surface area contributed by atoms with Crippen molar-refractivity contribution in [3.63, 3.8) is 0 Å². The number of rotatable bonds is 6. The highest BCUT2D eigenvalue weighted by Crippen LogP contribution is 2.24. The van der Waals surface area contributed by atoms with Gasteiger partial charge in [0.1, 0.15) is 10.8 Å². The van der Waals surface area contributed by atoms with E-state index in [-0.39, 0.29) is 12.2 Å². The lowest BCUT2D eigenvalue weighted by atomic mass is 10.1. The molecule has 1 aromatic heterocycles. The molecule has 1 unspecified atom stereocenters. The summed E-state index contributed by atoms with van der Waals surface area (Å²) in [6.45, 7) is 0.697. The fraction of sp³-hybridized carbons (Fsp3) is 0.267. The molecule has 0 radical (unpaired) electrons. The fourth-order valence-corrected chi connectivity index (χ4v) is 2.53. The summed E-state index contributed by atoms with van der Waals surface area (Å²) in [7, 11) is 0. The van der Waals surface area contributed by atoms with Crippen molar-refractivity contribution in [3.05, 3.63) is 41.2 Å². The molecule has 2 rings (SSSR count). The molecule has 0 aliphatic carbocycles. The van der Waals surface area contributed by atoms with Gasteiger partial charge < -0.3 is 15.5 Å². The first kappa shape index (κ1) is 17.0. The van der Waals surface area contributed by atoms with Gasteiger partial charge in [0, 0.05) is 10.9 Å². The van der Waals surface area contributed by atoms with Crippen LogP contribution in [0.5, 0.6) is 0 Å². The minimum atomic E-state index is -2.02. The third-order valence-corrected chi connectivity index (χ3v) is 4.00.